The van der Waals surface area contributed by atoms with Crippen molar-refractivity contribution in [3.8, 4) is 0 Å². The van der Waals surface area contributed by atoms with E-state index in [1.54, 1.807) is 30.5 Å². The fourth-order valence-electron chi connectivity index (χ4n) is 3.40. The third kappa shape index (κ3) is 5.26. The first-order valence-corrected chi connectivity index (χ1v) is 11.3. The second-order valence-corrected chi connectivity index (χ2v) is 9.54. The van der Waals surface area contributed by atoms with Gasteiger partial charge in [0.1, 0.15) is 5.83 Å². The fourth-order valence-corrected chi connectivity index (χ4v) is 4.30. The van der Waals surface area contributed by atoms with Crippen LogP contribution in [0.1, 0.15) is 21.6 Å². The molecule has 2 N–H and O–H groups in total. The van der Waals surface area contributed by atoms with Crippen LogP contribution in [0.2, 0.25) is 0 Å². The van der Waals surface area contributed by atoms with Gasteiger partial charge in [-0.05, 0) is 35.9 Å². The van der Waals surface area contributed by atoms with Gasteiger partial charge in [-0.3, -0.25) is 9.78 Å². The highest BCUT2D eigenvalue weighted by molar-refractivity contribution is 7.89. The van der Waals surface area contributed by atoms with Crippen LogP contribution in [-0.2, 0) is 23.0 Å². The summed E-state index contributed by atoms with van der Waals surface area (Å²) in [6.45, 7) is -0.471. The van der Waals surface area contributed by atoms with Gasteiger partial charge in [0.15, 0.2) is 6.29 Å². The van der Waals surface area contributed by atoms with Gasteiger partial charge in [-0.25, -0.2) is 21.9 Å². The maximum absolute atomic E-state index is 14.5. The number of aldehydes is 1. The average Bonchev–Trinajstić information content (AvgIpc) is 3.06. The number of fused-ring (bicyclic) bond motifs is 1. The molecule has 174 valence electrons. The normalized spacial score (nSPS) is 12.3. The molecule has 11 heteroatoms. The zero-order valence-electron chi connectivity index (χ0n) is 18.0. The molecule has 0 spiro atoms. The van der Waals surface area contributed by atoms with Crippen LogP contribution in [0.15, 0.2) is 59.4 Å². The molecule has 3 rings (SSSR count). The van der Waals surface area contributed by atoms with E-state index in [-0.39, 0.29) is 30.1 Å². The monoisotopic (exact) mass is 474 g/mol. The number of pyridine rings is 1. The second kappa shape index (κ2) is 9.92. The Morgan fingerprint density at radius 3 is 2.55 bits per heavy atom. The van der Waals surface area contributed by atoms with Crippen LogP contribution in [0.3, 0.4) is 0 Å². The van der Waals surface area contributed by atoms with Crippen LogP contribution in [0, 0.1) is 0 Å². The predicted molar refractivity (Wildman–Crippen MR) is 120 cm³/mol. The van der Waals surface area contributed by atoms with E-state index >= 15 is 0 Å². The molecule has 2 aromatic heterocycles. The van der Waals surface area contributed by atoms with Crippen molar-refractivity contribution in [3.05, 3.63) is 71.3 Å². The number of hydrogen-bond donors (Lipinski definition) is 2. The van der Waals surface area contributed by atoms with Gasteiger partial charge in [-0.1, -0.05) is 12.1 Å². The standard InChI is InChI=1S/C22H23FN4O5S/c1-26(2)33(31,32)17-7-5-15(6-8-17)12-18-20(14-28)27(19-4-3-10-24-21(18)19)13-16(23)9-11-25-22(29)30/h3-10,14,25H,11-13H2,1-2H3,(H,29,30)/b16-9-. The molecular formula is C22H23FN4O5S. The minimum absolute atomic E-state index is 0.148. The van der Waals surface area contributed by atoms with E-state index in [0.717, 1.165) is 15.9 Å². The van der Waals surface area contributed by atoms with Gasteiger partial charge in [0, 0.05) is 38.8 Å². The van der Waals surface area contributed by atoms with Gasteiger partial charge >= 0.3 is 6.09 Å². The molecule has 0 saturated heterocycles. The number of carbonyl (C=O) groups excluding carboxylic acids is 1. The lowest BCUT2D eigenvalue weighted by Crippen LogP contribution is -2.22. The van der Waals surface area contributed by atoms with E-state index in [0.29, 0.717) is 22.9 Å². The molecule has 0 unspecified atom stereocenters. The van der Waals surface area contributed by atoms with E-state index in [1.165, 1.54) is 30.8 Å². The van der Waals surface area contributed by atoms with Gasteiger partial charge in [-0.15, -0.1) is 0 Å². The molecule has 9 nitrogen and oxygen atoms in total. The smallest absolute Gasteiger partial charge is 0.404 e. The van der Waals surface area contributed by atoms with Crippen molar-refractivity contribution < 1.29 is 27.5 Å². The lowest BCUT2D eigenvalue weighted by atomic mass is 10.0. The number of rotatable bonds is 9. The molecule has 2 heterocycles. The maximum Gasteiger partial charge on any atom is 0.404 e. The number of carbonyl (C=O) groups is 2. The van der Waals surface area contributed by atoms with Crippen molar-refractivity contribution >= 4 is 33.4 Å². The Morgan fingerprint density at radius 2 is 1.94 bits per heavy atom. The quantitative estimate of drug-likeness (QED) is 0.460. The number of amides is 1. The van der Waals surface area contributed by atoms with Crippen LogP contribution in [0.5, 0.6) is 0 Å². The van der Waals surface area contributed by atoms with Gasteiger partial charge < -0.3 is 15.0 Å². The van der Waals surface area contributed by atoms with Crippen molar-refractivity contribution in [3.63, 3.8) is 0 Å². The summed E-state index contributed by atoms with van der Waals surface area (Å²) >= 11 is 0. The number of hydrogen-bond acceptors (Lipinski definition) is 5. The first-order valence-electron chi connectivity index (χ1n) is 9.89. The molecule has 1 aromatic carbocycles. The molecule has 33 heavy (non-hydrogen) atoms. The molecule has 3 aromatic rings. The van der Waals surface area contributed by atoms with Crippen LogP contribution < -0.4 is 5.32 Å². The van der Waals surface area contributed by atoms with Gasteiger partial charge in [-0.2, -0.15) is 0 Å². The third-order valence-corrected chi connectivity index (χ3v) is 6.87. The Bertz CT molecular complexity index is 1310. The Labute approximate surface area is 190 Å². The zero-order valence-corrected chi connectivity index (χ0v) is 18.8. The molecular weight excluding hydrogens is 451 g/mol. The van der Waals surface area contributed by atoms with Crippen LogP contribution in [-0.4, -0.2) is 60.4 Å². The summed E-state index contributed by atoms with van der Waals surface area (Å²) in [6, 6.07) is 9.70. The SMILES string of the molecule is CN(C)S(=O)(=O)c1ccc(Cc2c(C=O)n(C/C(F)=C/CNC(=O)O)c3cccnc23)cc1. The largest absolute Gasteiger partial charge is 0.465 e. The highest BCUT2D eigenvalue weighted by Crippen LogP contribution is 2.27. The number of sulfonamides is 1. The molecule has 0 atom stereocenters. The number of nitrogens with zero attached hydrogens (tertiary/aromatic N) is 3. The van der Waals surface area contributed by atoms with Crippen molar-refractivity contribution in [2.24, 2.45) is 0 Å². The fraction of sp³-hybridized carbons (Fsp3) is 0.227. The number of benzene rings is 1. The van der Waals surface area contributed by atoms with Crippen molar-refractivity contribution in [2.75, 3.05) is 20.6 Å². The summed E-state index contributed by atoms with van der Waals surface area (Å²) in [6.07, 6.45) is 2.30. The molecule has 0 aliphatic rings. The summed E-state index contributed by atoms with van der Waals surface area (Å²) in [5, 5.41) is 10.7. The Balaban J connectivity index is 1.97. The number of aromatic nitrogens is 2. The summed E-state index contributed by atoms with van der Waals surface area (Å²) < 4.78 is 41.6. The Morgan fingerprint density at radius 1 is 1.24 bits per heavy atom. The van der Waals surface area contributed by atoms with E-state index in [4.69, 9.17) is 5.11 Å². The molecule has 0 fully saturated rings. The van der Waals surface area contributed by atoms with E-state index in [2.05, 4.69) is 10.3 Å². The summed E-state index contributed by atoms with van der Waals surface area (Å²) in [5.74, 6) is -0.614. The van der Waals surface area contributed by atoms with E-state index in [1.807, 2.05) is 0 Å². The van der Waals surface area contributed by atoms with E-state index in [9.17, 15) is 22.4 Å². The number of nitrogens with one attached hydrogen (secondary N) is 1. The van der Waals surface area contributed by atoms with Gasteiger partial charge in [0.2, 0.25) is 10.0 Å². The van der Waals surface area contributed by atoms with Crippen LogP contribution >= 0.6 is 0 Å². The van der Waals surface area contributed by atoms with Crippen molar-refractivity contribution in [1.29, 1.82) is 0 Å². The van der Waals surface area contributed by atoms with Crippen molar-refractivity contribution in [2.45, 2.75) is 17.9 Å². The lowest BCUT2D eigenvalue weighted by molar-refractivity contribution is 0.111. The van der Waals surface area contributed by atoms with E-state index < -0.39 is 21.9 Å². The zero-order chi connectivity index (χ0) is 24.2. The molecule has 0 aliphatic heterocycles. The van der Waals surface area contributed by atoms with Gasteiger partial charge in [0.25, 0.3) is 0 Å². The van der Waals surface area contributed by atoms with Gasteiger partial charge in [0.05, 0.1) is 28.2 Å². The maximum atomic E-state index is 14.5. The topological polar surface area (TPSA) is 122 Å². The average molecular weight is 475 g/mol. The van der Waals surface area contributed by atoms with Crippen LogP contribution in [0.25, 0.3) is 11.0 Å². The summed E-state index contributed by atoms with van der Waals surface area (Å²) in [4.78, 5) is 27.0. The lowest BCUT2D eigenvalue weighted by Gasteiger charge is -2.11. The molecule has 0 bridgehead atoms. The molecule has 0 radical (unpaired) electrons. The van der Waals surface area contributed by atoms with Crippen LogP contribution in [0.4, 0.5) is 9.18 Å². The number of allylic oxidation sites excluding steroid dienone is 1. The second-order valence-electron chi connectivity index (χ2n) is 7.38. The number of halogens is 1. The minimum Gasteiger partial charge on any atom is -0.465 e. The molecule has 0 saturated carbocycles. The first kappa shape index (κ1) is 24.1. The Hall–Kier alpha value is -3.57. The third-order valence-electron chi connectivity index (χ3n) is 5.04. The summed E-state index contributed by atoms with van der Waals surface area (Å²) in [7, 11) is -0.666. The highest BCUT2D eigenvalue weighted by Gasteiger charge is 2.20. The predicted octanol–water partition coefficient (Wildman–Crippen LogP) is 2.81. The number of carboxylic acid groups (broad SMARTS) is 1. The summed E-state index contributed by atoms with van der Waals surface area (Å²) in [5.41, 5.74) is 2.66. The minimum atomic E-state index is -3.57. The highest BCUT2D eigenvalue weighted by atomic mass is 32.2. The molecule has 1 amide bonds. The Kier molecular flexibility index (Phi) is 7.24. The first-order chi connectivity index (χ1) is 15.6. The molecule has 0 aliphatic carbocycles. The van der Waals surface area contributed by atoms with Crippen molar-refractivity contribution in [1.82, 2.24) is 19.2 Å².